The number of carbonyl (C=O) groups excluding carboxylic acids is 1. The molecule has 2 aromatic carbocycles. The Labute approximate surface area is 114 Å². The maximum Gasteiger partial charge on any atom is 0.189 e. The number of halogens is 1. The topological polar surface area (TPSA) is 37.3 Å². The lowest BCUT2D eigenvalue weighted by atomic mass is 10.1. The van der Waals surface area contributed by atoms with E-state index in [2.05, 4.69) is 15.9 Å². The van der Waals surface area contributed by atoms with Crippen LogP contribution in [0.4, 0.5) is 0 Å². The van der Waals surface area contributed by atoms with Crippen molar-refractivity contribution in [2.75, 3.05) is 0 Å². The van der Waals surface area contributed by atoms with Gasteiger partial charge in [-0.1, -0.05) is 52.3 Å². The van der Waals surface area contributed by atoms with Gasteiger partial charge in [-0.25, -0.2) is 0 Å². The summed E-state index contributed by atoms with van der Waals surface area (Å²) in [5.41, 5.74) is 1.24. The first-order valence-corrected chi connectivity index (χ1v) is 6.22. The minimum Gasteiger partial charge on any atom is -0.507 e. The van der Waals surface area contributed by atoms with E-state index in [9.17, 15) is 9.90 Å². The molecule has 0 saturated carbocycles. The zero-order chi connectivity index (χ0) is 13.0. The second-order valence-corrected chi connectivity index (χ2v) is 4.69. The minimum atomic E-state index is -0.219. The average molecular weight is 303 g/mol. The number of benzene rings is 2. The summed E-state index contributed by atoms with van der Waals surface area (Å²) >= 11 is 3.23. The van der Waals surface area contributed by atoms with Crippen LogP contribution in [0.15, 0.2) is 59.1 Å². The molecule has 0 unspecified atom stereocenters. The smallest absolute Gasteiger partial charge is 0.189 e. The van der Waals surface area contributed by atoms with Crippen molar-refractivity contribution < 1.29 is 9.90 Å². The highest BCUT2D eigenvalue weighted by Gasteiger charge is 2.07. The van der Waals surface area contributed by atoms with Crippen molar-refractivity contribution in [2.45, 2.75) is 0 Å². The molecule has 3 heteroatoms. The van der Waals surface area contributed by atoms with Gasteiger partial charge in [0.15, 0.2) is 5.78 Å². The number of rotatable bonds is 3. The Morgan fingerprint density at radius 2 is 1.83 bits per heavy atom. The lowest BCUT2D eigenvalue weighted by Crippen LogP contribution is -1.94. The number of hydrogen-bond donors (Lipinski definition) is 1. The standard InChI is InChI=1S/C15H11BrO2/c16-12-7-8-13(15(18)10-12)14(17)9-6-11-4-2-1-3-5-11/h1-10,18H/b9-6+. The number of carbonyl (C=O) groups is 1. The first-order valence-electron chi connectivity index (χ1n) is 5.43. The normalized spacial score (nSPS) is 10.7. The van der Waals surface area contributed by atoms with Gasteiger partial charge in [-0.3, -0.25) is 4.79 Å². The lowest BCUT2D eigenvalue weighted by molar-refractivity contribution is 0.104. The molecule has 0 heterocycles. The van der Waals surface area contributed by atoms with Crippen LogP contribution < -0.4 is 0 Å². The van der Waals surface area contributed by atoms with Crippen molar-refractivity contribution in [3.8, 4) is 5.75 Å². The van der Waals surface area contributed by atoms with Gasteiger partial charge in [-0.05, 0) is 29.8 Å². The predicted molar refractivity (Wildman–Crippen MR) is 75.6 cm³/mol. The summed E-state index contributed by atoms with van der Waals surface area (Å²) in [7, 11) is 0. The van der Waals surface area contributed by atoms with Crippen LogP contribution in [-0.2, 0) is 0 Å². The Kier molecular flexibility index (Phi) is 3.95. The fraction of sp³-hybridized carbons (Fsp3) is 0. The van der Waals surface area contributed by atoms with Gasteiger partial charge in [0.2, 0.25) is 0 Å². The monoisotopic (exact) mass is 302 g/mol. The Morgan fingerprint density at radius 3 is 2.50 bits per heavy atom. The fourth-order valence-electron chi connectivity index (χ4n) is 1.54. The van der Waals surface area contributed by atoms with Gasteiger partial charge in [-0.2, -0.15) is 0 Å². The zero-order valence-electron chi connectivity index (χ0n) is 9.51. The van der Waals surface area contributed by atoms with Gasteiger partial charge in [0, 0.05) is 4.47 Å². The van der Waals surface area contributed by atoms with E-state index >= 15 is 0 Å². The molecule has 0 bridgehead atoms. The maximum atomic E-state index is 11.9. The molecule has 0 aliphatic heterocycles. The molecule has 1 N–H and O–H groups in total. The number of allylic oxidation sites excluding steroid dienone is 1. The van der Waals surface area contributed by atoms with E-state index in [-0.39, 0.29) is 11.5 Å². The molecule has 0 spiro atoms. The molecule has 0 aliphatic carbocycles. The first kappa shape index (κ1) is 12.6. The molecule has 2 rings (SSSR count). The molecule has 0 saturated heterocycles. The molecule has 0 amide bonds. The molecular weight excluding hydrogens is 292 g/mol. The molecule has 2 aromatic rings. The molecule has 0 fully saturated rings. The summed E-state index contributed by atoms with van der Waals surface area (Å²) < 4.78 is 0.739. The van der Waals surface area contributed by atoms with Crippen LogP contribution in [0, 0.1) is 0 Å². The minimum absolute atomic E-state index is 0.0212. The van der Waals surface area contributed by atoms with Gasteiger partial charge in [0.25, 0.3) is 0 Å². The van der Waals surface area contributed by atoms with Crippen LogP contribution in [0.25, 0.3) is 6.08 Å². The highest BCUT2D eigenvalue weighted by Crippen LogP contribution is 2.23. The predicted octanol–water partition coefficient (Wildman–Crippen LogP) is 4.05. The second-order valence-electron chi connectivity index (χ2n) is 3.77. The molecule has 0 radical (unpaired) electrons. The summed E-state index contributed by atoms with van der Waals surface area (Å²) in [6, 6.07) is 14.4. The van der Waals surface area contributed by atoms with Crippen molar-refractivity contribution in [3.05, 3.63) is 70.2 Å². The van der Waals surface area contributed by atoms with Crippen molar-refractivity contribution in [1.29, 1.82) is 0 Å². The molecular formula is C15H11BrO2. The number of phenols is 1. The molecule has 2 nitrogen and oxygen atoms in total. The lowest BCUT2D eigenvalue weighted by Gasteiger charge is -2.00. The summed E-state index contributed by atoms with van der Waals surface area (Å²) in [5.74, 6) is -0.240. The van der Waals surface area contributed by atoms with E-state index in [0.29, 0.717) is 5.56 Å². The van der Waals surface area contributed by atoms with E-state index in [0.717, 1.165) is 10.0 Å². The van der Waals surface area contributed by atoms with Gasteiger partial charge >= 0.3 is 0 Å². The molecule has 0 aromatic heterocycles. The third kappa shape index (κ3) is 3.08. The van der Waals surface area contributed by atoms with Gasteiger partial charge in [0.1, 0.15) is 5.75 Å². The largest absolute Gasteiger partial charge is 0.507 e. The van der Waals surface area contributed by atoms with Crippen molar-refractivity contribution in [1.82, 2.24) is 0 Å². The number of hydrogen-bond acceptors (Lipinski definition) is 2. The SMILES string of the molecule is O=C(/C=C/c1ccccc1)c1ccc(Br)cc1O. The van der Waals surface area contributed by atoms with E-state index in [4.69, 9.17) is 0 Å². The highest BCUT2D eigenvalue weighted by atomic mass is 79.9. The summed E-state index contributed by atoms with van der Waals surface area (Å²) in [5, 5.41) is 9.67. The molecule has 90 valence electrons. The maximum absolute atomic E-state index is 11.9. The average Bonchev–Trinajstić information content (AvgIpc) is 2.37. The fourth-order valence-corrected chi connectivity index (χ4v) is 1.89. The second kappa shape index (κ2) is 5.65. The number of aromatic hydroxyl groups is 1. The van der Waals surface area contributed by atoms with Crippen molar-refractivity contribution >= 4 is 27.8 Å². The quantitative estimate of drug-likeness (QED) is 0.686. The molecule has 18 heavy (non-hydrogen) atoms. The van der Waals surface area contributed by atoms with Crippen LogP contribution in [0.5, 0.6) is 5.75 Å². The Balaban J connectivity index is 2.20. The van der Waals surface area contributed by atoms with Crippen molar-refractivity contribution in [3.63, 3.8) is 0 Å². The molecule has 0 aliphatic rings. The van der Waals surface area contributed by atoms with E-state index in [1.54, 1.807) is 18.2 Å². The highest BCUT2D eigenvalue weighted by molar-refractivity contribution is 9.10. The van der Waals surface area contributed by atoms with Crippen LogP contribution in [-0.4, -0.2) is 10.9 Å². The van der Waals surface area contributed by atoms with E-state index in [1.165, 1.54) is 12.1 Å². The first-order chi connectivity index (χ1) is 8.66. The summed E-state index contributed by atoms with van der Waals surface area (Å²) in [4.78, 5) is 11.9. The third-order valence-electron chi connectivity index (χ3n) is 2.45. The third-order valence-corrected chi connectivity index (χ3v) is 2.95. The summed E-state index contributed by atoms with van der Waals surface area (Å²) in [6.45, 7) is 0. The van der Waals surface area contributed by atoms with E-state index < -0.39 is 0 Å². The number of phenolic OH excluding ortho intramolecular Hbond substituents is 1. The van der Waals surface area contributed by atoms with E-state index in [1.807, 2.05) is 30.3 Å². The van der Waals surface area contributed by atoms with Crippen LogP contribution in [0.3, 0.4) is 0 Å². The van der Waals surface area contributed by atoms with Crippen LogP contribution in [0.2, 0.25) is 0 Å². The van der Waals surface area contributed by atoms with Gasteiger partial charge in [0.05, 0.1) is 5.56 Å². The van der Waals surface area contributed by atoms with Gasteiger partial charge < -0.3 is 5.11 Å². The number of ketones is 1. The van der Waals surface area contributed by atoms with Gasteiger partial charge in [-0.15, -0.1) is 0 Å². The summed E-state index contributed by atoms with van der Waals surface area (Å²) in [6.07, 6.45) is 3.18. The van der Waals surface area contributed by atoms with Crippen LogP contribution in [0.1, 0.15) is 15.9 Å². The Bertz CT molecular complexity index is 589. The molecule has 0 atom stereocenters. The Hall–Kier alpha value is -1.87. The zero-order valence-corrected chi connectivity index (χ0v) is 11.1. The Morgan fingerprint density at radius 1 is 1.11 bits per heavy atom. The van der Waals surface area contributed by atoms with Crippen molar-refractivity contribution in [2.24, 2.45) is 0 Å². The van der Waals surface area contributed by atoms with Crippen LogP contribution >= 0.6 is 15.9 Å².